The Hall–Kier alpha value is -3.13. The van der Waals surface area contributed by atoms with Crippen LogP contribution in [-0.4, -0.2) is 27.4 Å². The van der Waals surface area contributed by atoms with E-state index in [2.05, 4.69) is 4.98 Å². The minimum atomic E-state index is -0.536. The Bertz CT molecular complexity index is 970. The van der Waals surface area contributed by atoms with Crippen molar-refractivity contribution in [2.24, 2.45) is 0 Å². The zero-order chi connectivity index (χ0) is 18.0. The second-order valence-corrected chi connectivity index (χ2v) is 5.44. The van der Waals surface area contributed by atoms with Crippen LogP contribution in [0.2, 0.25) is 5.02 Å². The molecule has 0 atom stereocenters. The minimum absolute atomic E-state index is 0.0832. The molecule has 1 aromatic carbocycles. The molecule has 3 rings (SSSR count). The van der Waals surface area contributed by atoms with E-state index >= 15 is 0 Å². The van der Waals surface area contributed by atoms with E-state index in [1.807, 2.05) is 0 Å². The van der Waals surface area contributed by atoms with Gasteiger partial charge in [-0.3, -0.25) is 10.1 Å². The van der Waals surface area contributed by atoms with Crippen LogP contribution in [0.1, 0.15) is 16.1 Å². The number of nitro benzene ring substituents is 1. The predicted octanol–water partition coefficient (Wildman–Crippen LogP) is 3.26. The Morgan fingerprint density at radius 3 is 2.88 bits per heavy atom. The van der Waals surface area contributed by atoms with Gasteiger partial charge < -0.3 is 13.9 Å². The number of imidazole rings is 1. The van der Waals surface area contributed by atoms with Crippen molar-refractivity contribution in [1.29, 1.82) is 0 Å². The molecule has 9 heteroatoms. The SMILES string of the molecule is COC(=O)c1cccn2cc(COc3ccc([N+](=O)[O-])cc3Cl)nc12. The van der Waals surface area contributed by atoms with Gasteiger partial charge in [-0.05, 0) is 18.2 Å². The van der Waals surface area contributed by atoms with Gasteiger partial charge in [0, 0.05) is 24.5 Å². The van der Waals surface area contributed by atoms with Crippen molar-refractivity contribution in [1.82, 2.24) is 9.38 Å². The minimum Gasteiger partial charge on any atom is -0.486 e. The lowest BCUT2D eigenvalue weighted by Crippen LogP contribution is -2.03. The summed E-state index contributed by atoms with van der Waals surface area (Å²) in [6.45, 7) is 0.0832. The molecule has 0 bridgehead atoms. The number of ether oxygens (including phenoxy) is 2. The monoisotopic (exact) mass is 361 g/mol. The number of nitrogens with zero attached hydrogens (tertiary/aromatic N) is 3. The van der Waals surface area contributed by atoms with Gasteiger partial charge in [0.05, 0.1) is 22.7 Å². The van der Waals surface area contributed by atoms with Gasteiger partial charge in [-0.1, -0.05) is 11.6 Å². The number of fused-ring (bicyclic) bond motifs is 1. The molecule has 8 nitrogen and oxygen atoms in total. The summed E-state index contributed by atoms with van der Waals surface area (Å²) in [5.74, 6) is -0.181. The Labute approximate surface area is 146 Å². The molecule has 2 aromatic heterocycles. The van der Waals surface area contributed by atoms with Crippen molar-refractivity contribution in [3.05, 3.63) is 69.1 Å². The smallest absolute Gasteiger partial charge is 0.341 e. The summed E-state index contributed by atoms with van der Waals surface area (Å²) in [6, 6.07) is 7.27. The highest BCUT2D eigenvalue weighted by Gasteiger charge is 2.14. The first-order valence-electron chi connectivity index (χ1n) is 7.11. The second-order valence-electron chi connectivity index (χ2n) is 5.04. The third kappa shape index (κ3) is 3.38. The molecule has 2 heterocycles. The largest absolute Gasteiger partial charge is 0.486 e. The fourth-order valence-corrected chi connectivity index (χ4v) is 2.50. The summed E-state index contributed by atoms with van der Waals surface area (Å²) in [5, 5.41) is 10.8. The Balaban J connectivity index is 1.82. The van der Waals surface area contributed by atoms with E-state index in [1.54, 1.807) is 28.9 Å². The van der Waals surface area contributed by atoms with Crippen molar-refractivity contribution < 1.29 is 19.2 Å². The molecular formula is C16H12ClN3O5. The Morgan fingerprint density at radius 2 is 2.20 bits per heavy atom. The molecular weight excluding hydrogens is 350 g/mol. The number of carbonyl (C=O) groups excluding carboxylic acids is 1. The number of hydrogen-bond acceptors (Lipinski definition) is 6. The molecule has 0 aliphatic rings. The first kappa shape index (κ1) is 16.7. The average Bonchev–Trinajstić information content (AvgIpc) is 3.02. The molecule has 0 aliphatic heterocycles. The topological polar surface area (TPSA) is 96.0 Å². The lowest BCUT2D eigenvalue weighted by atomic mass is 10.3. The average molecular weight is 362 g/mol. The number of non-ortho nitro benzene ring substituents is 1. The lowest BCUT2D eigenvalue weighted by molar-refractivity contribution is -0.384. The number of benzene rings is 1. The Kier molecular flexibility index (Phi) is 4.53. The van der Waals surface area contributed by atoms with Crippen LogP contribution in [0.4, 0.5) is 5.69 Å². The van der Waals surface area contributed by atoms with Crippen molar-refractivity contribution >= 4 is 28.9 Å². The highest BCUT2D eigenvalue weighted by Crippen LogP contribution is 2.29. The van der Waals surface area contributed by atoms with Crippen LogP contribution in [0.25, 0.3) is 5.65 Å². The fourth-order valence-electron chi connectivity index (χ4n) is 2.27. The van der Waals surface area contributed by atoms with Gasteiger partial charge in [-0.25, -0.2) is 9.78 Å². The molecule has 128 valence electrons. The second kappa shape index (κ2) is 6.78. The molecule has 0 saturated carbocycles. The van der Waals surface area contributed by atoms with Crippen LogP contribution >= 0.6 is 11.6 Å². The maximum atomic E-state index is 11.8. The predicted molar refractivity (Wildman–Crippen MR) is 89.0 cm³/mol. The van der Waals surface area contributed by atoms with Gasteiger partial charge in [-0.2, -0.15) is 0 Å². The van der Waals surface area contributed by atoms with Gasteiger partial charge in [0.15, 0.2) is 5.65 Å². The van der Waals surface area contributed by atoms with Gasteiger partial charge in [0.2, 0.25) is 0 Å². The molecule has 25 heavy (non-hydrogen) atoms. The third-order valence-electron chi connectivity index (χ3n) is 3.44. The number of esters is 1. The van der Waals surface area contributed by atoms with E-state index in [-0.39, 0.29) is 17.3 Å². The lowest BCUT2D eigenvalue weighted by Gasteiger charge is -2.05. The van der Waals surface area contributed by atoms with Crippen molar-refractivity contribution in [2.75, 3.05) is 7.11 Å². The van der Waals surface area contributed by atoms with E-state index in [0.29, 0.717) is 22.7 Å². The molecule has 0 unspecified atom stereocenters. The number of carbonyl (C=O) groups is 1. The van der Waals surface area contributed by atoms with Crippen molar-refractivity contribution in [3.63, 3.8) is 0 Å². The number of pyridine rings is 1. The van der Waals surface area contributed by atoms with Crippen LogP contribution in [0.3, 0.4) is 0 Å². The fraction of sp³-hybridized carbons (Fsp3) is 0.125. The Morgan fingerprint density at radius 1 is 1.40 bits per heavy atom. The summed E-state index contributed by atoms with van der Waals surface area (Å²) in [5.41, 5.74) is 1.23. The molecule has 0 fully saturated rings. The summed E-state index contributed by atoms with van der Waals surface area (Å²) in [6.07, 6.45) is 3.46. The van der Waals surface area contributed by atoms with Crippen LogP contribution in [0.5, 0.6) is 5.75 Å². The first-order valence-corrected chi connectivity index (χ1v) is 7.49. The molecule has 0 N–H and O–H groups in total. The van der Waals surface area contributed by atoms with Crippen LogP contribution in [0, 0.1) is 10.1 Å². The third-order valence-corrected chi connectivity index (χ3v) is 3.74. The van der Waals surface area contributed by atoms with Crippen LogP contribution < -0.4 is 4.74 Å². The molecule has 3 aromatic rings. The normalized spacial score (nSPS) is 10.6. The van der Waals surface area contributed by atoms with Gasteiger partial charge in [-0.15, -0.1) is 0 Å². The van der Waals surface area contributed by atoms with Crippen molar-refractivity contribution in [2.45, 2.75) is 6.61 Å². The van der Waals surface area contributed by atoms with Gasteiger partial charge in [0.25, 0.3) is 5.69 Å². The van der Waals surface area contributed by atoms with E-state index in [0.717, 1.165) is 0 Å². The van der Waals surface area contributed by atoms with Gasteiger partial charge in [0.1, 0.15) is 17.9 Å². The van der Waals surface area contributed by atoms with E-state index in [1.165, 1.54) is 25.3 Å². The molecule has 0 spiro atoms. The van der Waals surface area contributed by atoms with Crippen LogP contribution in [-0.2, 0) is 11.3 Å². The summed E-state index contributed by atoms with van der Waals surface area (Å²) < 4.78 is 12.0. The molecule has 0 aliphatic carbocycles. The highest BCUT2D eigenvalue weighted by molar-refractivity contribution is 6.32. The number of hydrogen-bond donors (Lipinski definition) is 0. The number of aromatic nitrogens is 2. The molecule has 0 saturated heterocycles. The van der Waals surface area contributed by atoms with Gasteiger partial charge >= 0.3 is 5.97 Å². The van der Waals surface area contributed by atoms with E-state index in [4.69, 9.17) is 21.1 Å². The molecule has 0 amide bonds. The summed E-state index contributed by atoms with van der Waals surface area (Å²) in [7, 11) is 1.30. The van der Waals surface area contributed by atoms with Crippen molar-refractivity contribution in [3.8, 4) is 5.75 Å². The number of methoxy groups -OCH3 is 1. The van der Waals surface area contributed by atoms with Crippen LogP contribution in [0.15, 0.2) is 42.7 Å². The number of rotatable bonds is 5. The van der Waals surface area contributed by atoms with E-state index in [9.17, 15) is 14.9 Å². The zero-order valence-corrected chi connectivity index (χ0v) is 13.8. The summed E-state index contributed by atoms with van der Waals surface area (Å²) >= 11 is 5.99. The maximum Gasteiger partial charge on any atom is 0.341 e. The summed E-state index contributed by atoms with van der Waals surface area (Å²) in [4.78, 5) is 26.3. The number of halogens is 1. The number of nitro groups is 1. The van der Waals surface area contributed by atoms with E-state index < -0.39 is 10.9 Å². The maximum absolute atomic E-state index is 11.8. The highest BCUT2D eigenvalue weighted by atomic mass is 35.5. The first-order chi connectivity index (χ1) is 12.0. The standard InChI is InChI=1S/C16H12ClN3O5/c1-24-16(21)12-3-2-6-19-8-10(18-15(12)19)9-25-14-5-4-11(20(22)23)7-13(14)17/h2-8H,9H2,1H3. The zero-order valence-electron chi connectivity index (χ0n) is 13.0. The quantitative estimate of drug-likeness (QED) is 0.393. The molecule has 0 radical (unpaired) electrons.